The Labute approximate surface area is 443 Å². The van der Waals surface area contributed by atoms with Crippen LogP contribution in [0.4, 0.5) is 34.8 Å². The van der Waals surface area contributed by atoms with E-state index in [9.17, 15) is 19.2 Å². The van der Waals surface area contributed by atoms with E-state index in [0.717, 1.165) is 94.1 Å². The molecule has 6 atom stereocenters. The molecule has 6 unspecified atom stereocenters. The number of hydrogen-bond donors (Lipinski definition) is 4. The third-order valence-corrected chi connectivity index (χ3v) is 17.4. The minimum Gasteiger partial charge on any atom is -0.364 e. The van der Waals surface area contributed by atoms with E-state index in [-0.39, 0.29) is 57.7 Å². The predicted octanol–water partition coefficient (Wildman–Crippen LogP) is 7.07. The molecule has 2 aliphatic carbocycles. The number of aryl methyl sites for hydroxylation is 2. The van der Waals surface area contributed by atoms with Gasteiger partial charge < -0.3 is 45.6 Å². The van der Waals surface area contributed by atoms with Crippen LogP contribution in [0.25, 0.3) is 0 Å². The van der Waals surface area contributed by atoms with E-state index in [1.807, 2.05) is 51.2 Å². The van der Waals surface area contributed by atoms with Crippen LogP contribution >= 0.6 is 0 Å². The summed E-state index contributed by atoms with van der Waals surface area (Å²) in [6.45, 7) is 9.15. The van der Waals surface area contributed by atoms with E-state index in [1.165, 1.54) is 22.5 Å². The van der Waals surface area contributed by atoms with Crippen LogP contribution in [0, 0.1) is 22.7 Å². The van der Waals surface area contributed by atoms with Crippen molar-refractivity contribution in [2.24, 2.45) is 62.3 Å². The molecule has 4 aliphatic heterocycles. The number of nitrogens with one attached hydrogen (secondary N) is 2. The van der Waals surface area contributed by atoms with Crippen molar-refractivity contribution in [1.82, 2.24) is 48.6 Å². The van der Waals surface area contributed by atoms with Gasteiger partial charge in [-0.15, -0.1) is 10.2 Å². The second-order valence-electron chi connectivity index (χ2n) is 24.2. The minimum absolute atomic E-state index is 0.00798. The zero-order valence-corrected chi connectivity index (χ0v) is 45.1. The molecular formula is C56H72N16O4. The molecule has 400 valence electrons. The lowest BCUT2D eigenvalue weighted by molar-refractivity contribution is 0.0929. The number of rotatable bonds is 14. The van der Waals surface area contributed by atoms with Gasteiger partial charge in [0.15, 0.2) is 34.6 Å². The number of fused-ring (bicyclic) bond motifs is 6. The van der Waals surface area contributed by atoms with E-state index < -0.39 is 11.8 Å². The number of carbonyl (C=O) groups is 4. The number of nitrogens with two attached hydrogens (primary N) is 2. The molecule has 0 radical (unpaired) electrons. The SMILES string of the molecule is Cn1cc(Nc2nc(N3C4CCC(CC(=O)c5cc6c(n5C)CC(C)(C)C6)C3CC4)cnc2C(N)=O)cn1.Cn1ccc(Nc2nc(N3C4CCC(CC(=O)c5cc6c(n5C)CC(C)(C)C6)C3CC4)nnc2C(N)=O)c1. The zero-order valence-electron chi connectivity index (χ0n) is 45.1. The third kappa shape index (κ3) is 9.63. The lowest BCUT2D eigenvalue weighted by Crippen LogP contribution is -2.46. The molecule has 76 heavy (non-hydrogen) atoms. The number of hydrogen-bond acceptors (Lipinski definition) is 14. The van der Waals surface area contributed by atoms with Gasteiger partial charge in [-0.25, -0.2) is 9.97 Å². The monoisotopic (exact) mass is 1030 g/mol. The summed E-state index contributed by atoms with van der Waals surface area (Å²) in [5.41, 5.74) is 20.2. The summed E-state index contributed by atoms with van der Waals surface area (Å²) in [5.74, 6) is 1.39. The molecule has 0 saturated carbocycles. The van der Waals surface area contributed by atoms with Gasteiger partial charge in [0.25, 0.3) is 11.8 Å². The maximum Gasteiger partial charge on any atom is 0.273 e. The van der Waals surface area contributed by atoms with E-state index in [1.54, 1.807) is 23.3 Å². The standard InChI is InChI=1S/2C28H36N8O2/c1-28(2)11-17-9-21(35(4)22(17)12-28)23(37)10-16-5-6-19-7-8-20(16)36(19)24-14-30-25(26(29)38)27(33-24)32-18-13-31-34(3)15-18;1-28(2)13-17-11-21(35(4)22(17)14-28)23(37)12-16-5-6-19-7-8-20(16)36(19)27-31-26(24(25(29)38)32-33-27)30-18-9-10-34(3)15-18/h9,13-16,19-20H,5-8,10-12H2,1-4H3,(H2,29,38)(H,32,33);9-11,15-16,19-20H,5-8,12-14H2,1-4H3,(H2,29,38)(H,30,31,33). The van der Waals surface area contributed by atoms with Gasteiger partial charge in [-0.1, -0.05) is 27.7 Å². The zero-order chi connectivity index (χ0) is 53.5. The summed E-state index contributed by atoms with van der Waals surface area (Å²) in [4.78, 5) is 69.8. The molecule has 0 spiro atoms. The lowest BCUT2D eigenvalue weighted by Gasteiger charge is -2.40. The molecular weight excluding hydrogens is 961 g/mol. The fourth-order valence-electron chi connectivity index (χ4n) is 13.9. The van der Waals surface area contributed by atoms with Gasteiger partial charge in [-0.2, -0.15) is 10.1 Å². The van der Waals surface area contributed by atoms with Crippen molar-refractivity contribution in [1.29, 1.82) is 0 Å². The molecule has 4 fully saturated rings. The Morgan fingerprint density at radius 3 is 1.70 bits per heavy atom. The first-order valence-corrected chi connectivity index (χ1v) is 27.0. The highest BCUT2D eigenvalue weighted by Gasteiger charge is 2.47. The van der Waals surface area contributed by atoms with E-state index in [4.69, 9.17) is 21.4 Å². The largest absolute Gasteiger partial charge is 0.364 e. The average Bonchev–Trinajstić information content (AvgIpc) is 4.27. The van der Waals surface area contributed by atoms with Gasteiger partial charge >= 0.3 is 0 Å². The molecule has 2 amide bonds. The average molecular weight is 1030 g/mol. The second-order valence-corrected chi connectivity index (χ2v) is 24.2. The number of amides is 2. The van der Waals surface area contributed by atoms with Gasteiger partial charge in [-0.05, 0) is 129 Å². The van der Waals surface area contributed by atoms with Crippen molar-refractivity contribution in [2.45, 2.75) is 142 Å². The minimum atomic E-state index is -0.682. The highest BCUT2D eigenvalue weighted by Crippen LogP contribution is 2.46. The first-order chi connectivity index (χ1) is 36.2. The molecule has 20 nitrogen and oxygen atoms in total. The molecule has 12 rings (SSSR count). The Kier molecular flexibility index (Phi) is 12.9. The second kappa shape index (κ2) is 19.3. The van der Waals surface area contributed by atoms with E-state index in [0.29, 0.717) is 54.0 Å². The molecule has 4 saturated heterocycles. The summed E-state index contributed by atoms with van der Waals surface area (Å²) in [7, 11) is 7.81. The maximum absolute atomic E-state index is 13.6. The van der Waals surface area contributed by atoms with Crippen LogP contribution in [0.5, 0.6) is 0 Å². The quantitative estimate of drug-likeness (QED) is 0.0797. The molecule has 6 aliphatic rings. The van der Waals surface area contributed by atoms with Gasteiger partial charge in [0, 0.05) is 95.2 Å². The number of primary amides is 2. The van der Waals surface area contributed by atoms with Crippen LogP contribution in [-0.2, 0) is 53.9 Å². The maximum atomic E-state index is 13.6. The van der Waals surface area contributed by atoms with Crippen molar-refractivity contribution in [3.8, 4) is 0 Å². The van der Waals surface area contributed by atoms with Crippen LogP contribution in [0.1, 0.15) is 156 Å². The van der Waals surface area contributed by atoms with Crippen LogP contribution in [-0.4, -0.2) is 96.2 Å². The summed E-state index contributed by atoms with van der Waals surface area (Å²) in [6, 6.07) is 7.18. The van der Waals surface area contributed by atoms with Crippen LogP contribution in [0.15, 0.2) is 49.2 Å². The Bertz CT molecular complexity index is 3050. The Morgan fingerprint density at radius 2 is 1.17 bits per heavy atom. The van der Waals surface area contributed by atoms with Crippen molar-refractivity contribution in [3.05, 3.63) is 94.5 Å². The van der Waals surface area contributed by atoms with Crippen LogP contribution in [0.2, 0.25) is 0 Å². The molecule has 4 bridgehead atoms. The number of piperidine rings is 2. The van der Waals surface area contributed by atoms with Crippen LogP contribution < -0.4 is 31.9 Å². The first-order valence-electron chi connectivity index (χ1n) is 27.0. The normalized spacial score (nSPS) is 23.5. The molecule has 6 aromatic heterocycles. The topological polar surface area (TPSA) is 248 Å². The van der Waals surface area contributed by atoms with Crippen molar-refractivity contribution < 1.29 is 19.2 Å². The summed E-state index contributed by atoms with van der Waals surface area (Å²) in [5, 5.41) is 19.0. The number of carbonyl (C=O) groups excluding carboxylic acids is 4. The lowest BCUT2D eigenvalue weighted by atomic mass is 9.85. The summed E-state index contributed by atoms with van der Waals surface area (Å²) in [6.07, 6.45) is 22.1. The third-order valence-electron chi connectivity index (χ3n) is 17.4. The Balaban J connectivity index is 0.000000162. The fourth-order valence-corrected chi connectivity index (χ4v) is 13.9. The van der Waals surface area contributed by atoms with Gasteiger partial charge in [0.2, 0.25) is 5.95 Å². The van der Waals surface area contributed by atoms with Gasteiger partial charge in [0.05, 0.1) is 35.2 Å². The predicted molar refractivity (Wildman–Crippen MR) is 289 cm³/mol. The number of nitrogens with zero attached hydrogens (tertiary/aromatic N) is 12. The number of ketones is 2. The molecule has 6 N–H and O–H groups in total. The first kappa shape index (κ1) is 50.8. The van der Waals surface area contributed by atoms with Crippen molar-refractivity contribution >= 4 is 58.2 Å². The fraction of sp³-hybridized carbons (Fsp3) is 0.536. The number of anilines is 6. The smallest absolute Gasteiger partial charge is 0.273 e. The van der Waals surface area contributed by atoms with Crippen molar-refractivity contribution in [3.63, 3.8) is 0 Å². The van der Waals surface area contributed by atoms with Gasteiger partial charge in [-0.3, -0.25) is 23.9 Å². The number of Topliss-reactive ketones (excluding diaryl/α,β-unsaturated/α-hetero) is 2. The van der Waals surface area contributed by atoms with Crippen LogP contribution in [0.3, 0.4) is 0 Å². The highest BCUT2D eigenvalue weighted by molar-refractivity contribution is 5.98. The summed E-state index contributed by atoms with van der Waals surface area (Å²) >= 11 is 0. The molecule has 6 aromatic rings. The molecule has 20 heteroatoms. The summed E-state index contributed by atoms with van der Waals surface area (Å²) < 4.78 is 7.82. The Hall–Kier alpha value is -7.38. The Morgan fingerprint density at radius 1 is 0.632 bits per heavy atom. The van der Waals surface area contributed by atoms with E-state index in [2.05, 4.69) is 89.7 Å². The highest BCUT2D eigenvalue weighted by atomic mass is 16.2. The van der Waals surface area contributed by atoms with E-state index >= 15 is 0 Å². The molecule has 10 heterocycles. The number of aromatic nitrogens is 10. The van der Waals surface area contributed by atoms with Gasteiger partial charge in [0.1, 0.15) is 5.82 Å². The molecule has 0 aromatic carbocycles. The van der Waals surface area contributed by atoms with Crippen molar-refractivity contribution in [2.75, 3.05) is 20.4 Å².